The molecule has 6 nitrogen and oxygen atoms in total. The van der Waals surface area contributed by atoms with Crippen molar-refractivity contribution < 1.29 is 14.6 Å². The van der Waals surface area contributed by atoms with Crippen molar-refractivity contribution >= 4 is 40.6 Å². The van der Waals surface area contributed by atoms with Crippen LogP contribution in [-0.4, -0.2) is 44.0 Å². The van der Waals surface area contributed by atoms with Gasteiger partial charge in [0.1, 0.15) is 0 Å². The molecule has 0 radical (unpaired) electrons. The van der Waals surface area contributed by atoms with Gasteiger partial charge in [0.25, 0.3) is 0 Å². The van der Waals surface area contributed by atoms with Gasteiger partial charge in [0, 0.05) is 31.0 Å². The number of amides is 2. The Balaban J connectivity index is 1.50. The number of nitrogens with zero attached hydrogens (tertiary/aromatic N) is 1. The third-order valence-electron chi connectivity index (χ3n) is 4.29. The summed E-state index contributed by atoms with van der Waals surface area (Å²) in [6.45, 7) is 3.26. The molecular weight excluding hydrogens is 389 g/mol. The van der Waals surface area contributed by atoms with Gasteiger partial charge in [0.05, 0.1) is 29.4 Å². The van der Waals surface area contributed by atoms with Gasteiger partial charge in [0.2, 0.25) is 0 Å². The van der Waals surface area contributed by atoms with Gasteiger partial charge in [0.15, 0.2) is 0 Å². The van der Waals surface area contributed by atoms with Crippen molar-refractivity contribution in [3.05, 3.63) is 58.1 Å². The summed E-state index contributed by atoms with van der Waals surface area (Å²) in [5.41, 5.74) is 2.35. The number of ether oxygens (including phenoxy) is 1. The Labute approximate surface area is 168 Å². The number of hydrogen-bond donors (Lipinski definition) is 3. The van der Waals surface area contributed by atoms with Crippen LogP contribution in [0.4, 0.5) is 16.2 Å². The Morgan fingerprint density at radius 3 is 2.48 bits per heavy atom. The SMILES string of the molecule is O=C(NCC(O)c1ccc(N2CCOCC2)cc1)Nc1ccc(Cl)c(Cl)c1. The maximum atomic E-state index is 12.0. The first-order valence-electron chi connectivity index (χ1n) is 8.63. The Bertz CT molecular complexity index is 780. The minimum atomic E-state index is -0.803. The zero-order valence-electron chi connectivity index (χ0n) is 14.6. The molecule has 1 aliphatic rings. The molecule has 0 spiro atoms. The third kappa shape index (κ3) is 5.49. The van der Waals surface area contributed by atoms with E-state index in [4.69, 9.17) is 27.9 Å². The van der Waals surface area contributed by atoms with Crippen molar-refractivity contribution in [3.63, 3.8) is 0 Å². The highest BCUT2D eigenvalue weighted by Crippen LogP contribution is 2.25. The lowest BCUT2D eigenvalue weighted by Crippen LogP contribution is -2.36. The second-order valence-electron chi connectivity index (χ2n) is 6.17. The van der Waals surface area contributed by atoms with Crippen LogP contribution >= 0.6 is 23.2 Å². The van der Waals surface area contributed by atoms with Crippen molar-refractivity contribution in [3.8, 4) is 0 Å². The van der Waals surface area contributed by atoms with Crippen LogP contribution in [0, 0.1) is 0 Å². The van der Waals surface area contributed by atoms with Gasteiger partial charge >= 0.3 is 6.03 Å². The third-order valence-corrected chi connectivity index (χ3v) is 5.03. The molecule has 144 valence electrons. The number of morpholine rings is 1. The van der Waals surface area contributed by atoms with Crippen LogP contribution in [0.1, 0.15) is 11.7 Å². The molecular formula is C19H21Cl2N3O3. The van der Waals surface area contributed by atoms with Gasteiger partial charge in [-0.15, -0.1) is 0 Å². The maximum absolute atomic E-state index is 12.0. The fourth-order valence-electron chi connectivity index (χ4n) is 2.79. The van der Waals surface area contributed by atoms with E-state index < -0.39 is 12.1 Å². The number of hydrogen-bond acceptors (Lipinski definition) is 4. The lowest BCUT2D eigenvalue weighted by atomic mass is 10.1. The second kappa shape index (κ2) is 9.28. The first-order valence-corrected chi connectivity index (χ1v) is 9.39. The van der Waals surface area contributed by atoms with Crippen LogP contribution in [-0.2, 0) is 4.74 Å². The maximum Gasteiger partial charge on any atom is 0.319 e. The largest absolute Gasteiger partial charge is 0.387 e. The zero-order chi connectivity index (χ0) is 19.2. The van der Waals surface area contributed by atoms with E-state index in [-0.39, 0.29) is 6.54 Å². The fourth-order valence-corrected chi connectivity index (χ4v) is 3.08. The highest BCUT2D eigenvalue weighted by molar-refractivity contribution is 6.42. The number of urea groups is 1. The van der Waals surface area contributed by atoms with Gasteiger partial charge in [-0.3, -0.25) is 0 Å². The Morgan fingerprint density at radius 2 is 1.81 bits per heavy atom. The van der Waals surface area contributed by atoms with Crippen LogP contribution in [0.25, 0.3) is 0 Å². The van der Waals surface area contributed by atoms with Gasteiger partial charge in [-0.1, -0.05) is 35.3 Å². The molecule has 2 amide bonds. The summed E-state index contributed by atoms with van der Waals surface area (Å²) in [4.78, 5) is 14.2. The number of aliphatic hydroxyl groups is 1. The lowest BCUT2D eigenvalue weighted by Gasteiger charge is -2.29. The molecule has 1 unspecified atom stereocenters. The van der Waals surface area contributed by atoms with Gasteiger partial charge < -0.3 is 25.4 Å². The van der Waals surface area contributed by atoms with Crippen LogP contribution in [0.2, 0.25) is 10.0 Å². The summed E-state index contributed by atoms with van der Waals surface area (Å²) >= 11 is 11.8. The molecule has 1 heterocycles. The Hall–Kier alpha value is -1.99. The van der Waals surface area contributed by atoms with Crippen LogP contribution in [0.3, 0.4) is 0 Å². The molecule has 2 aromatic rings. The average molecular weight is 410 g/mol. The minimum absolute atomic E-state index is 0.0874. The van der Waals surface area contributed by atoms with Gasteiger partial charge in [-0.25, -0.2) is 4.79 Å². The van der Waals surface area contributed by atoms with E-state index >= 15 is 0 Å². The second-order valence-corrected chi connectivity index (χ2v) is 6.99. The van der Waals surface area contributed by atoms with Crippen molar-refractivity contribution in [1.29, 1.82) is 0 Å². The van der Waals surface area contributed by atoms with Crippen LogP contribution < -0.4 is 15.5 Å². The summed E-state index contributed by atoms with van der Waals surface area (Å²) in [5.74, 6) is 0. The number of carbonyl (C=O) groups excluding carboxylic acids is 1. The predicted molar refractivity (Wildman–Crippen MR) is 108 cm³/mol. The lowest BCUT2D eigenvalue weighted by molar-refractivity contribution is 0.122. The van der Waals surface area contributed by atoms with Crippen LogP contribution in [0.5, 0.6) is 0 Å². The quantitative estimate of drug-likeness (QED) is 0.703. The number of carbonyl (C=O) groups is 1. The van der Waals surface area contributed by atoms with Crippen molar-refractivity contribution in [2.45, 2.75) is 6.10 Å². The molecule has 1 saturated heterocycles. The van der Waals surface area contributed by atoms with Crippen LogP contribution in [0.15, 0.2) is 42.5 Å². The first-order chi connectivity index (χ1) is 13.0. The van der Waals surface area contributed by atoms with Crippen molar-refractivity contribution in [1.82, 2.24) is 5.32 Å². The molecule has 8 heteroatoms. The molecule has 0 aromatic heterocycles. The van der Waals surface area contributed by atoms with Gasteiger partial charge in [-0.2, -0.15) is 0 Å². The molecule has 2 aromatic carbocycles. The smallest absolute Gasteiger partial charge is 0.319 e. The molecule has 0 aliphatic carbocycles. The van der Waals surface area contributed by atoms with Crippen molar-refractivity contribution in [2.24, 2.45) is 0 Å². The number of anilines is 2. The number of aliphatic hydroxyl groups excluding tert-OH is 1. The highest BCUT2D eigenvalue weighted by Gasteiger charge is 2.13. The zero-order valence-corrected chi connectivity index (χ0v) is 16.1. The van der Waals surface area contributed by atoms with E-state index in [1.165, 1.54) is 0 Å². The van der Waals surface area contributed by atoms with E-state index in [9.17, 15) is 9.90 Å². The molecule has 27 heavy (non-hydrogen) atoms. The molecule has 1 fully saturated rings. The number of benzene rings is 2. The number of nitrogens with one attached hydrogen (secondary N) is 2. The van der Waals surface area contributed by atoms with E-state index in [1.807, 2.05) is 24.3 Å². The first kappa shape index (κ1) is 19.8. The van der Waals surface area contributed by atoms with Crippen molar-refractivity contribution in [2.75, 3.05) is 43.1 Å². The molecule has 1 atom stereocenters. The molecule has 3 N–H and O–H groups in total. The molecule has 1 aliphatic heterocycles. The topological polar surface area (TPSA) is 73.8 Å². The highest BCUT2D eigenvalue weighted by atomic mass is 35.5. The normalized spacial score (nSPS) is 15.3. The summed E-state index contributed by atoms with van der Waals surface area (Å²) in [7, 11) is 0. The summed E-state index contributed by atoms with van der Waals surface area (Å²) < 4.78 is 5.35. The standard InChI is InChI=1S/C19H21Cl2N3O3/c20-16-6-3-14(11-17(16)21)23-19(26)22-12-18(25)13-1-4-15(5-2-13)24-7-9-27-10-8-24/h1-6,11,18,25H,7-10,12H2,(H2,22,23,26). The average Bonchev–Trinajstić information content (AvgIpc) is 2.70. The van der Waals surface area contributed by atoms with E-state index in [0.29, 0.717) is 15.7 Å². The number of halogens is 2. The number of rotatable bonds is 5. The molecule has 0 bridgehead atoms. The molecule has 3 rings (SSSR count). The fraction of sp³-hybridized carbons (Fsp3) is 0.316. The summed E-state index contributed by atoms with van der Waals surface area (Å²) in [6, 6.07) is 12.1. The monoisotopic (exact) mass is 409 g/mol. The molecule has 0 saturated carbocycles. The van der Waals surface area contributed by atoms with E-state index in [1.54, 1.807) is 18.2 Å². The minimum Gasteiger partial charge on any atom is -0.387 e. The Morgan fingerprint density at radius 1 is 1.11 bits per heavy atom. The van der Waals surface area contributed by atoms with Gasteiger partial charge in [-0.05, 0) is 35.9 Å². The summed E-state index contributed by atoms with van der Waals surface area (Å²) in [6.07, 6.45) is -0.803. The van der Waals surface area contributed by atoms with E-state index in [2.05, 4.69) is 15.5 Å². The van der Waals surface area contributed by atoms with E-state index in [0.717, 1.165) is 37.6 Å². The Kier molecular flexibility index (Phi) is 6.79. The summed E-state index contributed by atoms with van der Waals surface area (Å²) in [5, 5.41) is 16.4. The predicted octanol–water partition coefficient (Wildman–Crippen LogP) is 3.69.